The van der Waals surface area contributed by atoms with Crippen LogP contribution in [-0.4, -0.2) is 24.9 Å². The van der Waals surface area contributed by atoms with Crippen molar-refractivity contribution in [2.75, 3.05) is 0 Å². The van der Waals surface area contributed by atoms with E-state index >= 15 is 0 Å². The van der Waals surface area contributed by atoms with Gasteiger partial charge in [0.25, 0.3) is 5.56 Å². The molecule has 6 nitrogen and oxygen atoms in total. The van der Waals surface area contributed by atoms with Gasteiger partial charge in [-0.25, -0.2) is 9.37 Å². The highest BCUT2D eigenvalue weighted by Gasteiger charge is 2.21. The van der Waals surface area contributed by atoms with Crippen molar-refractivity contribution >= 4 is 10.9 Å². The van der Waals surface area contributed by atoms with Gasteiger partial charge >= 0.3 is 0 Å². The monoisotopic (exact) mass is 364 g/mol. The van der Waals surface area contributed by atoms with Crippen molar-refractivity contribution in [3.63, 3.8) is 0 Å². The van der Waals surface area contributed by atoms with Crippen molar-refractivity contribution in [2.45, 2.75) is 0 Å². The zero-order valence-corrected chi connectivity index (χ0v) is 13.8. The summed E-state index contributed by atoms with van der Waals surface area (Å²) in [4.78, 5) is 17.6. The molecule has 134 valence electrons. The quantitative estimate of drug-likeness (QED) is 0.474. The SMILES string of the molecule is O=c1c2c(O)c(O)c(O)cc2nc(-c2ccccc2)n1-c1cccc(F)c1. The summed E-state index contributed by atoms with van der Waals surface area (Å²) in [6, 6.07) is 15.2. The summed E-state index contributed by atoms with van der Waals surface area (Å²) in [6.45, 7) is 0. The summed E-state index contributed by atoms with van der Waals surface area (Å²) in [6.07, 6.45) is 0. The van der Waals surface area contributed by atoms with Crippen LogP contribution < -0.4 is 5.56 Å². The molecule has 4 rings (SSSR count). The number of halogens is 1. The lowest BCUT2D eigenvalue weighted by atomic mass is 10.1. The fraction of sp³-hybridized carbons (Fsp3) is 0. The number of benzene rings is 3. The Balaban J connectivity index is 2.19. The van der Waals surface area contributed by atoms with Crippen LogP contribution in [0.25, 0.3) is 28.0 Å². The van der Waals surface area contributed by atoms with Crippen molar-refractivity contribution in [3.05, 3.63) is 76.8 Å². The maximum absolute atomic E-state index is 13.8. The highest BCUT2D eigenvalue weighted by molar-refractivity contribution is 5.90. The third kappa shape index (κ3) is 2.65. The standard InChI is InChI=1S/C20H13FN2O4/c21-12-7-4-8-13(9-12)23-19(11-5-2-1-3-6-11)22-14-10-15(24)17(25)18(26)16(14)20(23)27/h1-10,24-26H. The highest BCUT2D eigenvalue weighted by atomic mass is 19.1. The van der Waals surface area contributed by atoms with Crippen LogP contribution in [-0.2, 0) is 0 Å². The fourth-order valence-corrected chi connectivity index (χ4v) is 2.94. The Morgan fingerprint density at radius 3 is 2.33 bits per heavy atom. The summed E-state index contributed by atoms with van der Waals surface area (Å²) in [5.41, 5.74) is 0.0737. The summed E-state index contributed by atoms with van der Waals surface area (Å²) in [5, 5.41) is 29.4. The number of rotatable bonds is 2. The molecule has 1 heterocycles. The molecule has 0 amide bonds. The van der Waals surface area contributed by atoms with E-state index in [-0.39, 0.29) is 22.4 Å². The first-order chi connectivity index (χ1) is 13.0. The summed E-state index contributed by atoms with van der Waals surface area (Å²) in [7, 11) is 0. The molecule has 0 unspecified atom stereocenters. The Bertz CT molecular complexity index is 1240. The zero-order chi connectivity index (χ0) is 19.1. The predicted molar refractivity (Wildman–Crippen MR) is 97.7 cm³/mol. The van der Waals surface area contributed by atoms with E-state index in [0.717, 1.165) is 10.6 Å². The molecule has 27 heavy (non-hydrogen) atoms. The van der Waals surface area contributed by atoms with Gasteiger partial charge in [0.05, 0.1) is 11.2 Å². The molecule has 0 bridgehead atoms. The second kappa shape index (κ2) is 6.14. The van der Waals surface area contributed by atoms with Crippen LogP contribution in [0.3, 0.4) is 0 Å². The summed E-state index contributed by atoms with van der Waals surface area (Å²) < 4.78 is 14.9. The molecule has 0 fully saturated rings. The molecule has 3 N–H and O–H groups in total. The Morgan fingerprint density at radius 2 is 1.63 bits per heavy atom. The van der Waals surface area contributed by atoms with Crippen LogP contribution >= 0.6 is 0 Å². The van der Waals surface area contributed by atoms with Crippen LogP contribution in [0, 0.1) is 5.82 Å². The second-order valence-corrected chi connectivity index (χ2v) is 5.91. The number of hydrogen-bond donors (Lipinski definition) is 3. The van der Waals surface area contributed by atoms with E-state index in [4.69, 9.17) is 0 Å². The van der Waals surface area contributed by atoms with Crippen LogP contribution in [0.1, 0.15) is 0 Å². The molecule has 7 heteroatoms. The highest BCUT2D eigenvalue weighted by Crippen LogP contribution is 2.39. The van der Waals surface area contributed by atoms with Crippen molar-refractivity contribution in [1.82, 2.24) is 9.55 Å². The minimum Gasteiger partial charge on any atom is -0.504 e. The molecular formula is C20H13FN2O4. The Morgan fingerprint density at radius 1 is 0.889 bits per heavy atom. The number of aromatic nitrogens is 2. The van der Waals surface area contributed by atoms with Gasteiger partial charge in [-0.1, -0.05) is 36.4 Å². The van der Waals surface area contributed by atoms with Gasteiger partial charge in [-0.15, -0.1) is 0 Å². The molecule has 0 saturated carbocycles. The first kappa shape index (κ1) is 16.6. The number of fused-ring (bicyclic) bond motifs is 1. The van der Waals surface area contributed by atoms with E-state index in [0.29, 0.717) is 5.56 Å². The van der Waals surface area contributed by atoms with Gasteiger partial charge in [0.1, 0.15) is 17.0 Å². The molecule has 1 aromatic heterocycles. The third-order valence-corrected chi connectivity index (χ3v) is 4.19. The molecule has 0 saturated heterocycles. The zero-order valence-electron chi connectivity index (χ0n) is 13.8. The molecule has 0 aliphatic rings. The second-order valence-electron chi connectivity index (χ2n) is 5.91. The van der Waals surface area contributed by atoms with Crippen LogP contribution in [0.5, 0.6) is 17.2 Å². The van der Waals surface area contributed by atoms with Gasteiger partial charge in [0.15, 0.2) is 11.5 Å². The van der Waals surface area contributed by atoms with Crippen LogP contribution in [0.2, 0.25) is 0 Å². The average Bonchev–Trinajstić information content (AvgIpc) is 2.66. The van der Waals surface area contributed by atoms with Gasteiger partial charge in [-0.05, 0) is 18.2 Å². The number of aromatic hydroxyl groups is 3. The molecule has 4 aromatic rings. The van der Waals surface area contributed by atoms with Crippen LogP contribution in [0.4, 0.5) is 4.39 Å². The lowest BCUT2D eigenvalue weighted by Gasteiger charge is -2.15. The van der Waals surface area contributed by atoms with Gasteiger partial charge in [0, 0.05) is 11.6 Å². The minimum atomic E-state index is -0.820. The average molecular weight is 364 g/mol. The smallest absolute Gasteiger partial charge is 0.270 e. The van der Waals surface area contributed by atoms with E-state index in [2.05, 4.69) is 4.98 Å². The first-order valence-corrected chi connectivity index (χ1v) is 7.99. The van der Waals surface area contributed by atoms with Crippen molar-refractivity contribution < 1.29 is 19.7 Å². The minimum absolute atomic E-state index is 0.000642. The van der Waals surface area contributed by atoms with E-state index < -0.39 is 28.6 Å². The Kier molecular flexibility index (Phi) is 3.77. The number of phenols is 3. The molecule has 0 radical (unpaired) electrons. The lowest BCUT2D eigenvalue weighted by Crippen LogP contribution is -2.22. The number of hydrogen-bond acceptors (Lipinski definition) is 5. The fourth-order valence-electron chi connectivity index (χ4n) is 2.94. The number of phenolic OH excluding ortho intramolecular Hbond substituents is 3. The molecular weight excluding hydrogens is 351 g/mol. The largest absolute Gasteiger partial charge is 0.504 e. The van der Waals surface area contributed by atoms with Gasteiger partial charge < -0.3 is 15.3 Å². The van der Waals surface area contributed by atoms with E-state index in [1.165, 1.54) is 24.3 Å². The molecule has 3 aromatic carbocycles. The predicted octanol–water partition coefficient (Wildman–Crippen LogP) is 3.31. The van der Waals surface area contributed by atoms with Crippen molar-refractivity contribution in [3.8, 4) is 34.3 Å². The molecule has 0 aliphatic carbocycles. The molecule has 0 atom stereocenters. The summed E-state index contributed by atoms with van der Waals surface area (Å²) in [5.74, 6) is -2.55. The summed E-state index contributed by atoms with van der Waals surface area (Å²) >= 11 is 0. The third-order valence-electron chi connectivity index (χ3n) is 4.19. The van der Waals surface area contributed by atoms with Gasteiger partial charge in [-0.3, -0.25) is 9.36 Å². The Hall–Kier alpha value is -3.87. The van der Waals surface area contributed by atoms with Gasteiger partial charge in [-0.2, -0.15) is 0 Å². The molecule has 0 spiro atoms. The van der Waals surface area contributed by atoms with E-state index in [1.54, 1.807) is 30.3 Å². The first-order valence-electron chi connectivity index (χ1n) is 7.99. The van der Waals surface area contributed by atoms with Gasteiger partial charge in [0.2, 0.25) is 5.75 Å². The van der Waals surface area contributed by atoms with Crippen molar-refractivity contribution in [1.29, 1.82) is 0 Å². The van der Waals surface area contributed by atoms with E-state index in [1.807, 2.05) is 0 Å². The normalized spacial score (nSPS) is 11.0. The molecule has 0 aliphatic heterocycles. The Labute approximate surface area is 152 Å². The number of nitrogens with zero attached hydrogens (tertiary/aromatic N) is 2. The topological polar surface area (TPSA) is 95.6 Å². The van der Waals surface area contributed by atoms with Crippen LogP contribution in [0.15, 0.2) is 65.5 Å². The maximum atomic E-state index is 13.8. The van der Waals surface area contributed by atoms with Crippen molar-refractivity contribution in [2.24, 2.45) is 0 Å². The van der Waals surface area contributed by atoms with E-state index in [9.17, 15) is 24.5 Å². The maximum Gasteiger partial charge on any atom is 0.270 e. The lowest BCUT2D eigenvalue weighted by molar-refractivity contribution is 0.371.